The molecule has 3 rings (SSSR count). The Bertz CT molecular complexity index is 524. The number of carbonyl (C=O) groups is 2. The molecule has 0 spiro atoms. The highest BCUT2D eigenvalue weighted by molar-refractivity contribution is 6.18. The van der Waals surface area contributed by atoms with Crippen molar-refractivity contribution < 1.29 is 9.59 Å². The lowest BCUT2D eigenvalue weighted by Crippen LogP contribution is -2.32. The van der Waals surface area contributed by atoms with Crippen LogP contribution in [-0.4, -0.2) is 23.3 Å². The Hall–Kier alpha value is -1.12. The molecule has 2 bridgehead atoms. The van der Waals surface area contributed by atoms with E-state index in [1.165, 1.54) is 37.0 Å². The molecule has 5 unspecified atom stereocenters. The van der Waals surface area contributed by atoms with Crippen molar-refractivity contribution in [1.82, 2.24) is 4.90 Å². The molecule has 2 saturated carbocycles. The second kappa shape index (κ2) is 7.01. The fourth-order valence-electron chi connectivity index (χ4n) is 5.48. The third-order valence-electron chi connectivity index (χ3n) is 7.44. The Morgan fingerprint density at radius 2 is 1.50 bits per heavy atom. The van der Waals surface area contributed by atoms with Gasteiger partial charge in [-0.05, 0) is 62.7 Å². The minimum atomic E-state index is -0.0809. The Kier molecular flexibility index (Phi) is 5.17. The van der Waals surface area contributed by atoms with E-state index in [0.717, 1.165) is 42.4 Å². The van der Waals surface area contributed by atoms with E-state index < -0.39 is 0 Å². The maximum Gasteiger partial charge on any atom is 0.256 e. The maximum atomic E-state index is 12.0. The van der Waals surface area contributed by atoms with E-state index >= 15 is 0 Å². The molecule has 3 nitrogen and oxygen atoms in total. The molecule has 0 saturated heterocycles. The van der Waals surface area contributed by atoms with Crippen molar-refractivity contribution in [3.63, 3.8) is 0 Å². The summed E-state index contributed by atoms with van der Waals surface area (Å²) in [6, 6.07) is 0. The zero-order valence-corrected chi connectivity index (χ0v) is 15.8. The lowest BCUT2D eigenvalue weighted by Gasteiger charge is -2.31. The lowest BCUT2D eigenvalue weighted by molar-refractivity contribution is -0.137. The molecule has 0 radical (unpaired) electrons. The lowest BCUT2D eigenvalue weighted by atomic mass is 9.74. The molecule has 2 aliphatic carbocycles. The van der Waals surface area contributed by atoms with Gasteiger partial charge in [-0.3, -0.25) is 14.5 Å². The number of amides is 2. The van der Waals surface area contributed by atoms with Gasteiger partial charge < -0.3 is 0 Å². The van der Waals surface area contributed by atoms with Crippen molar-refractivity contribution >= 4 is 11.8 Å². The monoisotopic (exact) mass is 331 g/mol. The van der Waals surface area contributed by atoms with Crippen LogP contribution in [0.3, 0.4) is 0 Å². The average Bonchev–Trinajstić information content (AvgIpc) is 3.16. The highest BCUT2D eigenvalue weighted by atomic mass is 16.2. The van der Waals surface area contributed by atoms with Crippen LogP contribution in [0.5, 0.6) is 0 Å². The Labute approximate surface area is 146 Å². The number of rotatable bonds is 7. The van der Waals surface area contributed by atoms with Gasteiger partial charge in [0.15, 0.2) is 0 Å². The van der Waals surface area contributed by atoms with Gasteiger partial charge >= 0.3 is 0 Å². The molecule has 3 heteroatoms. The molecule has 1 aliphatic heterocycles. The second-order valence-electron chi connectivity index (χ2n) is 8.59. The van der Waals surface area contributed by atoms with Gasteiger partial charge in [0, 0.05) is 17.7 Å². The van der Waals surface area contributed by atoms with E-state index in [9.17, 15) is 9.59 Å². The van der Waals surface area contributed by atoms with Gasteiger partial charge in [0.25, 0.3) is 11.8 Å². The van der Waals surface area contributed by atoms with Crippen molar-refractivity contribution in [2.45, 2.75) is 72.6 Å². The molecule has 0 aromatic rings. The normalized spacial score (nSPS) is 35.7. The highest BCUT2D eigenvalue weighted by Gasteiger charge is 2.47. The van der Waals surface area contributed by atoms with Crippen molar-refractivity contribution in [3.05, 3.63) is 11.1 Å². The van der Waals surface area contributed by atoms with Crippen LogP contribution in [0.2, 0.25) is 0 Å². The van der Waals surface area contributed by atoms with E-state index in [4.69, 9.17) is 0 Å². The largest absolute Gasteiger partial charge is 0.275 e. The summed E-state index contributed by atoms with van der Waals surface area (Å²) in [7, 11) is 0. The van der Waals surface area contributed by atoms with E-state index in [1.54, 1.807) is 13.8 Å². The summed E-state index contributed by atoms with van der Waals surface area (Å²) < 4.78 is 0. The topological polar surface area (TPSA) is 37.4 Å². The first-order valence-electron chi connectivity index (χ1n) is 9.95. The minimum Gasteiger partial charge on any atom is -0.275 e. The van der Waals surface area contributed by atoms with Gasteiger partial charge in [-0.2, -0.15) is 0 Å². The molecule has 134 valence electrons. The molecule has 1 heterocycles. The van der Waals surface area contributed by atoms with E-state index in [2.05, 4.69) is 13.8 Å². The molecule has 24 heavy (non-hydrogen) atoms. The quantitative estimate of drug-likeness (QED) is 0.506. The fourth-order valence-corrected chi connectivity index (χ4v) is 5.48. The standard InChI is InChI=1S/C21H33NO2/c1-13-14(2)19-12-18(13)11-17(19)9-7-5-6-8-10-22-20(23)15(3)16(4)21(22)24/h13-14,17-19H,5-12H2,1-4H3. The highest BCUT2D eigenvalue weighted by Crippen LogP contribution is 2.56. The van der Waals surface area contributed by atoms with Gasteiger partial charge in [-0.25, -0.2) is 0 Å². The van der Waals surface area contributed by atoms with Gasteiger partial charge in [0.05, 0.1) is 0 Å². The molecule has 0 aromatic heterocycles. The first-order chi connectivity index (χ1) is 11.4. The SMILES string of the molecule is CC1=C(C)C(=O)N(CCCCCCC2CC3CC2C(C)C3C)C1=O. The number of unbranched alkanes of at least 4 members (excludes halogenated alkanes) is 3. The third-order valence-corrected chi connectivity index (χ3v) is 7.44. The second-order valence-corrected chi connectivity index (χ2v) is 8.59. The molecular formula is C21H33NO2. The van der Waals surface area contributed by atoms with E-state index in [0.29, 0.717) is 17.7 Å². The Morgan fingerprint density at radius 1 is 0.875 bits per heavy atom. The third kappa shape index (κ3) is 3.07. The summed E-state index contributed by atoms with van der Waals surface area (Å²) in [6.07, 6.45) is 8.96. The summed E-state index contributed by atoms with van der Waals surface area (Å²) in [5, 5.41) is 0. The van der Waals surface area contributed by atoms with Gasteiger partial charge in [-0.15, -0.1) is 0 Å². The zero-order valence-electron chi connectivity index (χ0n) is 15.8. The first-order valence-corrected chi connectivity index (χ1v) is 9.95. The predicted molar refractivity (Wildman–Crippen MR) is 96.2 cm³/mol. The van der Waals surface area contributed by atoms with Crippen LogP contribution in [-0.2, 0) is 9.59 Å². The fraction of sp³-hybridized carbons (Fsp3) is 0.810. The van der Waals surface area contributed by atoms with Crippen LogP contribution in [0.4, 0.5) is 0 Å². The molecule has 2 amide bonds. The van der Waals surface area contributed by atoms with Crippen LogP contribution >= 0.6 is 0 Å². The van der Waals surface area contributed by atoms with Gasteiger partial charge in [-0.1, -0.05) is 39.5 Å². The van der Waals surface area contributed by atoms with Crippen molar-refractivity contribution in [2.24, 2.45) is 29.6 Å². The molecule has 2 fully saturated rings. The molecule has 0 aromatic carbocycles. The zero-order chi connectivity index (χ0) is 17.4. The van der Waals surface area contributed by atoms with Gasteiger partial charge in [0.2, 0.25) is 0 Å². The average molecular weight is 332 g/mol. The van der Waals surface area contributed by atoms with Crippen LogP contribution in [0.1, 0.15) is 72.6 Å². The summed E-state index contributed by atoms with van der Waals surface area (Å²) in [5.41, 5.74) is 1.25. The van der Waals surface area contributed by atoms with Crippen LogP contribution < -0.4 is 0 Å². The summed E-state index contributed by atoms with van der Waals surface area (Å²) in [5.74, 6) is 4.67. The molecule has 3 aliphatic rings. The predicted octanol–water partition coefficient (Wildman–Crippen LogP) is 4.57. The molecule has 5 atom stereocenters. The minimum absolute atomic E-state index is 0.0809. The smallest absolute Gasteiger partial charge is 0.256 e. The van der Waals surface area contributed by atoms with E-state index in [1.807, 2.05) is 0 Å². The van der Waals surface area contributed by atoms with Crippen molar-refractivity contribution in [3.8, 4) is 0 Å². The number of imide groups is 1. The van der Waals surface area contributed by atoms with Crippen LogP contribution in [0, 0.1) is 29.6 Å². The Morgan fingerprint density at radius 3 is 2.08 bits per heavy atom. The van der Waals surface area contributed by atoms with Crippen molar-refractivity contribution in [1.29, 1.82) is 0 Å². The van der Waals surface area contributed by atoms with Crippen LogP contribution in [0.15, 0.2) is 11.1 Å². The van der Waals surface area contributed by atoms with Gasteiger partial charge in [0.1, 0.15) is 0 Å². The number of fused-ring (bicyclic) bond motifs is 2. The summed E-state index contributed by atoms with van der Waals surface area (Å²) >= 11 is 0. The first kappa shape index (κ1) is 17.7. The number of hydrogen-bond acceptors (Lipinski definition) is 2. The Balaban J connectivity index is 1.31. The van der Waals surface area contributed by atoms with E-state index in [-0.39, 0.29) is 11.8 Å². The summed E-state index contributed by atoms with van der Waals surface area (Å²) in [4.78, 5) is 25.4. The number of nitrogens with zero attached hydrogens (tertiary/aromatic N) is 1. The summed E-state index contributed by atoms with van der Waals surface area (Å²) in [6.45, 7) is 9.02. The molecule has 0 N–H and O–H groups in total. The van der Waals surface area contributed by atoms with Crippen molar-refractivity contribution in [2.75, 3.05) is 6.54 Å². The maximum absolute atomic E-state index is 12.0. The molecular weight excluding hydrogens is 298 g/mol. The number of carbonyl (C=O) groups excluding carboxylic acids is 2. The van der Waals surface area contributed by atoms with Crippen LogP contribution in [0.25, 0.3) is 0 Å². The number of hydrogen-bond donors (Lipinski definition) is 0.